The van der Waals surface area contributed by atoms with Crippen LogP contribution in [0.5, 0.6) is 0 Å². The van der Waals surface area contributed by atoms with Crippen molar-refractivity contribution in [1.82, 2.24) is 4.98 Å². The van der Waals surface area contributed by atoms with Gasteiger partial charge in [-0.25, -0.2) is 4.79 Å². The summed E-state index contributed by atoms with van der Waals surface area (Å²) in [6, 6.07) is 7.41. The van der Waals surface area contributed by atoms with Gasteiger partial charge in [0.05, 0.1) is 5.56 Å². The van der Waals surface area contributed by atoms with Crippen LogP contribution >= 0.6 is 0 Å². The number of pyridine rings is 1. The van der Waals surface area contributed by atoms with Crippen LogP contribution in [0.2, 0.25) is 0 Å². The quantitative estimate of drug-likeness (QED) is 0.751. The van der Waals surface area contributed by atoms with Crippen LogP contribution < -0.4 is 5.32 Å². The summed E-state index contributed by atoms with van der Waals surface area (Å²) in [6.45, 7) is 5.01. The monoisotopic (exact) mass is 298 g/mol. The highest BCUT2D eigenvalue weighted by molar-refractivity contribution is 5.93. The van der Waals surface area contributed by atoms with Crippen molar-refractivity contribution in [2.75, 3.05) is 11.9 Å². The molecule has 0 fully saturated rings. The SMILES string of the molecule is CCCCNc1cc(C(=O)O)cc(CC)c1-c1ccncc1. The predicted molar refractivity (Wildman–Crippen MR) is 89.4 cm³/mol. The second kappa shape index (κ2) is 7.59. The van der Waals surface area contributed by atoms with Gasteiger partial charge in [-0.3, -0.25) is 4.98 Å². The van der Waals surface area contributed by atoms with E-state index >= 15 is 0 Å². The Labute approximate surface area is 131 Å². The number of aromatic carboxylic acids is 1. The minimum Gasteiger partial charge on any atom is -0.478 e. The Balaban J connectivity index is 2.54. The lowest BCUT2D eigenvalue weighted by atomic mass is 9.94. The predicted octanol–water partition coefficient (Wildman–Crippen LogP) is 4.22. The molecule has 0 spiro atoms. The molecule has 1 aromatic carbocycles. The van der Waals surface area contributed by atoms with Crippen molar-refractivity contribution in [3.05, 3.63) is 47.8 Å². The lowest BCUT2D eigenvalue weighted by Crippen LogP contribution is -2.07. The number of anilines is 1. The summed E-state index contributed by atoms with van der Waals surface area (Å²) in [7, 11) is 0. The Hall–Kier alpha value is -2.36. The number of hydrogen-bond donors (Lipinski definition) is 2. The summed E-state index contributed by atoms with van der Waals surface area (Å²) in [5.41, 5.74) is 4.38. The Morgan fingerprint density at radius 2 is 1.95 bits per heavy atom. The fourth-order valence-corrected chi connectivity index (χ4v) is 2.50. The van der Waals surface area contributed by atoms with Crippen molar-refractivity contribution in [2.45, 2.75) is 33.1 Å². The van der Waals surface area contributed by atoms with Crippen molar-refractivity contribution >= 4 is 11.7 Å². The molecule has 0 saturated heterocycles. The van der Waals surface area contributed by atoms with Gasteiger partial charge in [-0.1, -0.05) is 20.3 Å². The molecule has 116 valence electrons. The molecule has 1 aromatic heterocycles. The van der Waals surface area contributed by atoms with Gasteiger partial charge in [-0.15, -0.1) is 0 Å². The number of unbranched alkanes of at least 4 members (excludes halogenated alkanes) is 1. The van der Waals surface area contributed by atoms with E-state index in [9.17, 15) is 9.90 Å². The maximum Gasteiger partial charge on any atom is 0.335 e. The number of carbonyl (C=O) groups is 1. The summed E-state index contributed by atoms with van der Waals surface area (Å²) in [6.07, 6.45) is 6.44. The van der Waals surface area contributed by atoms with E-state index in [0.29, 0.717) is 5.56 Å². The van der Waals surface area contributed by atoms with E-state index in [1.807, 2.05) is 19.1 Å². The van der Waals surface area contributed by atoms with Gasteiger partial charge in [0.2, 0.25) is 0 Å². The Morgan fingerprint density at radius 3 is 2.55 bits per heavy atom. The van der Waals surface area contributed by atoms with Crippen molar-refractivity contribution in [1.29, 1.82) is 0 Å². The van der Waals surface area contributed by atoms with E-state index in [4.69, 9.17) is 0 Å². The molecule has 2 N–H and O–H groups in total. The van der Waals surface area contributed by atoms with Crippen LogP contribution in [-0.2, 0) is 6.42 Å². The fraction of sp³-hybridized carbons (Fsp3) is 0.333. The topological polar surface area (TPSA) is 62.2 Å². The van der Waals surface area contributed by atoms with E-state index in [2.05, 4.69) is 17.2 Å². The molecule has 0 atom stereocenters. The molecule has 0 amide bonds. The molecule has 0 aliphatic carbocycles. The lowest BCUT2D eigenvalue weighted by Gasteiger charge is -2.17. The van der Waals surface area contributed by atoms with Crippen LogP contribution in [-0.4, -0.2) is 22.6 Å². The van der Waals surface area contributed by atoms with Crippen molar-refractivity contribution in [3.63, 3.8) is 0 Å². The lowest BCUT2D eigenvalue weighted by molar-refractivity contribution is 0.0697. The third-order valence-electron chi connectivity index (χ3n) is 3.66. The Bertz CT molecular complexity index is 639. The van der Waals surface area contributed by atoms with Crippen LogP contribution in [0.4, 0.5) is 5.69 Å². The van der Waals surface area contributed by atoms with Gasteiger partial charge in [-0.05, 0) is 48.2 Å². The van der Waals surface area contributed by atoms with Crippen molar-refractivity contribution < 1.29 is 9.90 Å². The number of carboxylic acids is 1. The minimum absolute atomic E-state index is 0.327. The molecule has 22 heavy (non-hydrogen) atoms. The average Bonchev–Trinajstić information content (AvgIpc) is 2.55. The molecule has 0 unspecified atom stereocenters. The summed E-state index contributed by atoms with van der Waals surface area (Å²) < 4.78 is 0. The number of carboxylic acid groups (broad SMARTS) is 1. The average molecular weight is 298 g/mol. The molecule has 4 heteroatoms. The van der Waals surface area contributed by atoms with Gasteiger partial charge >= 0.3 is 5.97 Å². The maximum absolute atomic E-state index is 11.4. The number of aromatic nitrogens is 1. The van der Waals surface area contributed by atoms with Crippen molar-refractivity contribution in [2.24, 2.45) is 0 Å². The summed E-state index contributed by atoms with van der Waals surface area (Å²) >= 11 is 0. The first kappa shape index (κ1) is 16.0. The highest BCUT2D eigenvalue weighted by Gasteiger charge is 2.14. The minimum atomic E-state index is -0.894. The third kappa shape index (κ3) is 3.64. The third-order valence-corrected chi connectivity index (χ3v) is 3.66. The maximum atomic E-state index is 11.4. The summed E-state index contributed by atoms with van der Waals surface area (Å²) in [4.78, 5) is 15.4. The zero-order valence-corrected chi connectivity index (χ0v) is 13.1. The van der Waals surface area contributed by atoms with Gasteiger partial charge in [0, 0.05) is 30.2 Å². The molecule has 0 radical (unpaired) electrons. The number of nitrogens with zero attached hydrogens (tertiary/aromatic N) is 1. The molecule has 1 heterocycles. The van der Waals surface area contributed by atoms with Gasteiger partial charge in [0.1, 0.15) is 0 Å². The van der Waals surface area contributed by atoms with E-state index in [1.165, 1.54) is 0 Å². The van der Waals surface area contributed by atoms with Crippen LogP contribution in [0.25, 0.3) is 11.1 Å². The van der Waals surface area contributed by atoms with Gasteiger partial charge in [-0.2, -0.15) is 0 Å². The normalized spacial score (nSPS) is 10.5. The smallest absolute Gasteiger partial charge is 0.335 e. The standard InChI is InChI=1S/C18H22N2O2/c1-3-5-8-20-16-12-15(18(21)22)11-13(4-2)17(16)14-6-9-19-10-7-14/h6-7,9-12,20H,3-5,8H2,1-2H3,(H,21,22). The molecule has 4 nitrogen and oxygen atoms in total. The van der Waals surface area contributed by atoms with Crippen LogP contribution in [0.3, 0.4) is 0 Å². The number of nitrogens with one attached hydrogen (secondary N) is 1. The first-order chi connectivity index (χ1) is 10.7. The number of benzene rings is 1. The van der Waals surface area contributed by atoms with E-state index in [0.717, 1.165) is 48.2 Å². The van der Waals surface area contributed by atoms with Crippen LogP contribution in [0.1, 0.15) is 42.6 Å². The fourth-order valence-electron chi connectivity index (χ4n) is 2.50. The van der Waals surface area contributed by atoms with Crippen LogP contribution in [0, 0.1) is 0 Å². The van der Waals surface area contributed by atoms with Crippen LogP contribution in [0.15, 0.2) is 36.7 Å². The highest BCUT2D eigenvalue weighted by Crippen LogP contribution is 2.33. The number of hydrogen-bond acceptors (Lipinski definition) is 3. The molecule has 2 rings (SSSR count). The highest BCUT2D eigenvalue weighted by atomic mass is 16.4. The first-order valence-electron chi connectivity index (χ1n) is 7.71. The number of aryl methyl sites for hydroxylation is 1. The van der Waals surface area contributed by atoms with Gasteiger partial charge in [0.15, 0.2) is 0 Å². The zero-order chi connectivity index (χ0) is 15.9. The van der Waals surface area contributed by atoms with E-state index in [1.54, 1.807) is 24.5 Å². The molecule has 2 aromatic rings. The van der Waals surface area contributed by atoms with E-state index in [-0.39, 0.29) is 0 Å². The molecule has 0 bridgehead atoms. The molecule has 0 aliphatic rings. The largest absolute Gasteiger partial charge is 0.478 e. The Kier molecular flexibility index (Phi) is 5.53. The molecular formula is C18H22N2O2. The molecule has 0 aliphatic heterocycles. The number of rotatable bonds is 7. The summed E-state index contributed by atoms with van der Waals surface area (Å²) in [5.74, 6) is -0.894. The second-order valence-electron chi connectivity index (χ2n) is 5.23. The Morgan fingerprint density at radius 1 is 1.23 bits per heavy atom. The second-order valence-corrected chi connectivity index (χ2v) is 5.23. The van der Waals surface area contributed by atoms with E-state index < -0.39 is 5.97 Å². The van der Waals surface area contributed by atoms with Gasteiger partial charge < -0.3 is 10.4 Å². The zero-order valence-electron chi connectivity index (χ0n) is 13.1. The molecule has 0 saturated carbocycles. The summed E-state index contributed by atoms with van der Waals surface area (Å²) in [5, 5.41) is 12.7. The van der Waals surface area contributed by atoms with Crippen molar-refractivity contribution in [3.8, 4) is 11.1 Å². The first-order valence-corrected chi connectivity index (χ1v) is 7.71. The van der Waals surface area contributed by atoms with Gasteiger partial charge in [0.25, 0.3) is 0 Å². The molecular weight excluding hydrogens is 276 g/mol.